The molecule has 0 fully saturated rings. The predicted octanol–water partition coefficient (Wildman–Crippen LogP) is 4.44. The first-order valence-electron chi connectivity index (χ1n) is 7.81. The third-order valence-corrected chi connectivity index (χ3v) is 3.96. The molecule has 1 N–H and O–H groups in total. The van der Waals surface area contributed by atoms with E-state index in [0.29, 0.717) is 6.04 Å². The topological polar surface area (TPSA) is 21.3 Å². The van der Waals surface area contributed by atoms with Gasteiger partial charge in [0.1, 0.15) is 5.75 Å². The Kier molecular flexibility index (Phi) is 4.14. The summed E-state index contributed by atoms with van der Waals surface area (Å²) < 4.78 is 5.89. The average Bonchev–Trinajstić information content (AvgIpc) is 2.49. The summed E-state index contributed by atoms with van der Waals surface area (Å²) in [5.74, 6) is 0.950. The number of hydrogen-bond acceptors (Lipinski definition) is 2. The van der Waals surface area contributed by atoms with Gasteiger partial charge in [-0.3, -0.25) is 0 Å². The molecule has 2 aromatic carbocycles. The number of aryl methyl sites for hydroxylation is 1. The molecule has 1 aliphatic carbocycles. The zero-order valence-corrected chi connectivity index (χ0v) is 12.8. The van der Waals surface area contributed by atoms with Gasteiger partial charge in [-0.05, 0) is 56.4 Å². The Bertz CT molecular complexity index is 606. The van der Waals surface area contributed by atoms with Gasteiger partial charge < -0.3 is 10.1 Å². The smallest absolute Gasteiger partial charge is 0.142 e. The minimum Gasteiger partial charge on any atom is -0.489 e. The van der Waals surface area contributed by atoms with Crippen molar-refractivity contribution in [3.63, 3.8) is 0 Å². The van der Waals surface area contributed by atoms with Crippen molar-refractivity contribution in [3.05, 3.63) is 59.7 Å². The lowest BCUT2D eigenvalue weighted by Crippen LogP contribution is -2.27. The van der Waals surface area contributed by atoms with Crippen molar-refractivity contribution in [2.45, 2.75) is 45.3 Å². The third kappa shape index (κ3) is 3.38. The van der Waals surface area contributed by atoms with Crippen molar-refractivity contribution in [2.24, 2.45) is 0 Å². The molecule has 3 rings (SSSR count). The van der Waals surface area contributed by atoms with Gasteiger partial charge in [0.2, 0.25) is 0 Å². The van der Waals surface area contributed by atoms with Crippen molar-refractivity contribution in [2.75, 3.05) is 5.32 Å². The summed E-state index contributed by atoms with van der Waals surface area (Å²) in [6.07, 6.45) is 3.61. The Hall–Kier alpha value is -1.96. The van der Waals surface area contributed by atoms with Crippen LogP contribution in [0.3, 0.4) is 0 Å². The van der Waals surface area contributed by atoms with Crippen LogP contribution in [-0.4, -0.2) is 12.1 Å². The van der Waals surface area contributed by atoms with Gasteiger partial charge in [0.15, 0.2) is 0 Å². The molecule has 110 valence electrons. The SMILES string of the molecule is CC(C)Oc1ccccc1NC1CCc2ccccc2C1. The summed E-state index contributed by atoms with van der Waals surface area (Å²) >= 11 is 0. The molecule has 0 bridgehead atoms. The Morgan fingerprint density at radius 3 is 2.52 bits per heavy atom. The van der Waals surface area contributed by atoms with E-state index in [9.17, 15) is 0 Å². The first-order chi connectivity index (χ1) is 10.2. The van der Waals surface area contributed by atoms with Crippen LogP contribution in [0, 0.1) is 0 Å². The Balaban J connectivity index is 1.73. The lowest BCUT2D eigenvalue weighted by atomic mass is 9.88. The van der Waals surface area contributed by atoms with Crippen LogP contribution in [0.5, 0.6) is 5.75 Å². The number of anilines is 1. The Morgan fingerprint density at radius 2 is 1.71 bits per heavy atom. The van der Waals surface area contributed by atoms with Gasteiger partial charge >= 0.3 is 0 Å². The highest BCUT2D eigenvalue weighted by Gasteiger charge is 2.19. The van der Waals surface area contributed by atoms with E-state index in [-0.39, 0.29) is 6.10 Å². The molecule has 2 aromatic rings. The maximum absolute atomic E-state index is 5.89. The monoisotopic (exact) mass is 281 g/mol. The Morgan fingerprint density at radius 1 is 1.00 bits per heavy atom. The highest BCUT2D eigenvalue weighted by Crippen LogP contribution is 2.29. The second-order valence-corrected chi connectivity index (χ2v) is 6.02. The number of rotatable bonds is 4. The van der Waals surface area contributed by atoms with Crippen LogP contribution in [0.1, 0.15) is 31.4 Å². The van der Waals surface area contributed by atoms with E-state index in [1.165, 1.54) is 17.5 Å². The fourth-order valence-electron chi connectivity index (χ4n) is 2.98. The molecular formula is C19H23NO. The molecule has 0 radical (unpaired) electrons. The second kappa shape index (κ2) is 6.21. The molecule has 0 saturated carbocycles. The Labute approximate surface area is 127 Å². The van der Waals surface area contributed by atoms with Crippen molar-refractivity contribution in [1.29, 1.82) is 0 Å². The van der Waals surface area contributed by atoms with E-state index in [1.54, 1.807) is 0 Å². The minimum absolute atomic E-state index is 0.194. The number of para-hydroxylation sites is 2. The predicted molar refractivity (Wildman–Crippen MR) is 88.1 cm³/mol. The molecule has 21 heavy (non-hydrogen) atoms. The summed E-state index contributed by atoms with van der Waals surface area (Å²) in [7, 11) is 0. The summed E-state index contributed by atoms with van der Waals surface area (Å²) in [5.41, 5.74) is 4.08. The maximum Gasteiger partial charge on any atom is 0.142 e. The third-order valence-electron chi connectivity index (χ3n) is 3.96. The van der Waals surface area contributed by atoms with Gasteiger partial charge in [-0.15, -0.1) is 0 Å². The largest absolute Gasteiger partial charge is 0.489 e. The van der Waals surface area contributed by atoms with Gasteiger partial charge in [-0.1, -0.05) is 36.4 Å². The van der Waals surface area contributed by atoms with E-state index in [2.05, 4.69) is 55.6 Å². The average molecular weight is 281 g/mol. The minimum atomic E-state index is 0.194. The molecule has 0 spiro atoms. The number of fused-ring (bicyclic) bond motifs is 1. The first kappa shape index (κ1) is 14.0. The molecule has 1 atom stereocenters. The van der Waals surface area contributed by atoms with Crippen molar-refractivity contribution < 1.29 is 4.74 Å². The number of nitrogens with one attached hydrogen (secondary N) is 1. The lowest BCUT2D eigenvalue weighted by molar-refractivity contribution is 0.243. The molecule has 2 heteroatoms. The van der Waals surface area contributed by atoms with Crippen molar-refractivity contribution in [1.82, 2.24) is 0 Å². The van der Waals surface area contributed by atoms with Crippen LogP contribution in [0.25, 0.3) is 0 Å². The maximum atomic E-state index is 5.89. The molecule has 0 amide bonds. The van der Waals surface area contributed by atoms with Gasteiger partial charge in [-0.25, -0.2) is 0 Å². The molecule has 0 aliphatic heterocycles. The van der Waals surface area contributed by atoms with E-state index in [4.69, 9.17) is 4.74 Å². The zero-order chi connectivity index (χ0) is 14.7. The second-order valence-electron chi connectivity index (χ2n) is 6.02. The summed E-state index contributed by atoms with van der Waals surface area (Å²) in [5, 5.41) is 3.67. The molecule has 2 nitrogen and oxygen atoms in total. The van der Waals surface area contributed by atoms with Crippen LogP contribution >= 0.6 is 0 Å². The lowest BCUT2D eigenvalue weighted by Gasteiger charge is -2.27. The van der Waals surface area contributed by atoms with E-state index < -0.39 is 0 Å². The van der Waals surface area contributed by atoms with Crippen molar-refractivity contribution in [3.8, 4) is 5.75 Å². The quantitative estimate of drug-likeness (QED) is 0.894. The zero-order valence-electron chi connectivity index (χ0n) is 12.8. The van der Waals surface area contributed by atoms with Crippen LogP contribution in [0.15, 0.2) is 48.5 Å². The molecule has 0 aromatic heterocycles. The van der Waals surface area contributed by atoms with Crippen LogP contribution in [0.4, 0.5) is 5.69 Å². The number of ether oxygens (including phenoxy) is 1. The highest BCUT2D eigenvalue weighted by molar-refractivity contribution is 5.57. The van der Waals surface area contributed by atoms with Gasteiger partial charge in [0, 0.05) is 6.04 Å². The summed E-state index contributed by atoms with van der Waals surface area (Å²) in [4.78, 5) is 0. The van der Waals surface area contributed by atoms with E-state index >= 15 is 0 Å². The summed E-state index contributed by atoms with van der Waals surface area (Å²) in [6, 6.07) is 17.5. The molecule has 1 unspecified atom stereocenters. The van der Waals surface area contributed by atoms with Gasteiger partial charge in [0.25, 0.3) is 0 Å². The highest BCUT2D eigenvalue weighted by atomic mass is 16.5. The first-order valence-corrected chi connectivity index (χ1v) is 7.81. The molecule has 0 saturated heterocycles. The van der Waals surface area contributed by atoms with E-state index in [1.807, 2.05) is 12.1 Å². The molecular weight excluding hydrogens is 258 g/mol. The molecule has 0 heterocycles. The fourth-order valence-corrected chi connectivity index (χ4v) is 2.98. The fraction of sp³-hybridized carbons (Fsp3) is 0.368. The number of hydrogen-bond donors (Lipinski definition) is 1. The standard InChI is InChI=1S/C19H23NO/c1-14(2)21-19-10-6-5-9-18(19)20-17-12-11-15-7-3-4-8-16(15)13-17/h3-10,14,17,20H,11-13H2,1-2H3. The van der Waals surface area contributed by atoms with Crippen molar-refractivity contribution >= 4 is 5.69 Å². The van der Waals surface area contributed by atoms with Crippen LogP contribution in [0.2, 0.25) is 0 Å². The molecule has 1 aliphatic rings. The van der Waals surface area contributed by atoms with Crippen LogP contribution < -0.4 is 10.1 Å². The summed E-state index contributed by atoms with van der Waals surface area (Å²) in [6.45, 7) is 4.13. The van der Waals surface area contributed by atoms with Crippen LogP contribution in [-0.2, 0) is 12.8 Å². The van der Waals surface area contributed by atoms with E-state index in [0.717, 1.165) is 24.3 Å². The van der Waals surface area contributed by atoms with Gasteiger partial charge in [-0.2, -0.15) is 0 Å². The van der Waals surface area contributed by atoms with Gasteiger partial charge in [0.05, 0.1) is 11.8 Å². The normalized spacial score (nSPS) is 17.4. The number of benzene rings is 2.